The first-order valence-electron chi connectivity index (χ1n) is 4.17. The molecular formula is C9H15N3S. The Hall–Kier alpha value is -0.770. The normalized spacial score (nSPS) is 11.7. The van der Waals surface area contributed by atoms with E-state index in [9.17, 15) is 0 Å². The first-order valence-corrected chi connectivity index (χ1v) is 4.99. The molecule has 0 aliphatic heterocycles. The maximum Gasteiger partial charge on any atom is 0.221 e. The van der Waals surface area contributed by atoms with Crippen LogP contribution < -0.4 is 5.73 Å². The predicted molar refractivity (Wildman–Crippen MR) is 56.8 cm³/mol. The van der Waals surface area contributed by atoms with E-state index in [0.717, 1.165) is 10.7 Å². The molecule has 0 aliphatic carbocycles. The van der Waals surface area contributed by atoms with Gasteiger partial charge in [0.25, 0.3) is 0 Å². The average molecular weight is 197 g/mol. The Labute approximate surface area is 83.2 Å². The monoisotopic (exact) mass is 197 g/mol. The highest BCUT2D eigenvalue weighted by molar-refractivity contribution is 8.00. The lowest BCUT2D eigenvalue weighted by Crippen LogP contribution is -2.08. The van der Waals surface area contributed by atoms with Crippen molar-refractivity contribution in [3.05, 3.63) is 11.8 Å². The SMILES string of the molecule is Cc1cc(SC(C)(C)C)nc(N)n1. The third kappa shape index (κ3) is 3.63. The first-order chi connectivity index (χ1) is 5.87. The van der Waals surface area contributed by atoms with Gasteiger partial charge in [0.05, 0.1) is 0 Å². The second kappa shape index (κ2) is 3.54. The summed E-state index contributed by atoms with van der Waals surface area (Å²) in [6.45, 7) is 8.35. The van der Waals surface area contributed by atoms with Crippen LogP contribution in [0.2, 0.25) is 0 Å². The van der Waals surface area contributed by atoms with E-state index in [1.807, 2.05) is 13.0 Å². The standard InChI is InChI=1S/C9H15N3S/c1-6-5-7(12-8(10)11-6)13-9(2,3)4/h5H,1-4H3,(H2,10,11,12). The van der Waals surface area contributed by atoms with Gasteiger partial charge < -0.3 is 5.73 Å². The number of hydrogen-bond acceptors (Lipinski definition) is 4. The molecule has 2 N–H and O–H groups in total. The summed E-state index contributed by atoms with van der Waals surface area (Å²) in [6.07, 6.45) is 0. The van der Waals surface area contributed by atoms with Gasteiger partial charge in [-0.1, -0.05) is 20.8 Å². The highest BCUT2D eigenvalue weighted by Crippen LogP contribution is 2.30. The van der Waals surface area contributed by atoms with Crippen molar-refractivity contribution in [2.45, 2.75) is 37.5 Å². The van der Waals surface area contributed by atoms with Gasteiger partial charge in [-0.05, 0) is 13.0 Å². The van der Waals surface area contributed by atoms with Crippen LogP contribution in [0, 0.1) is 6.92 Å². The zero-order valence-corrected chi connectivity index (χ0v) is 9.27. The summed E-state index contributed by atoms with van der Waals surface area (Å²) in [5.41, 5.74) is 6.46. The second-order valence-electron chi connectivity index (χ2n) is 3.92. The Morgan fingerprint density at radius 2 is 1.92 bits per heavy atom. The number of thioether (sulfide) groups is 1. The van der Waals surface area contributed by atoms with Crippen LogP contribution in [-0.4, -0.2) is 14.7 Å². The lowest BCUT2D eigenvalue weighted by atomic mass is 10.3. The smallest absolute Gasteiger partial charge is 0.221 e. The molecule has 0 amide bonds. The molecule has 1 aromatic rings. The Balaban J connectivity index is 2.90. The zero-order chi connectivity index (χ0) is 10.1. The van der Waals surface area contributed by atoms with Gasteiger partial charge in [-0.15, -0.1) is 11.8 Å². The highest BCUT2D eigenvalue weighted by Gasteiger charge is 2.13. The molecule has 0 unspecified atom stereocenters. The number of nitrogen functional groups attached to an aromatic ring is 1. The van der Waals surface area contributed by atoms with Crippen LogP contribution in [0.15, 0.2) is 11.1 Å². The molecule has 0 radical (unpaired) electrons. The minimum Gasteiger partial charge on any atom is -0.368 e. The fourth-order valence-electron chi connectivity index (χ4n) is 0.928. The van der Waals surface area contributed by atoms with Crippen LogP contribution in [0.1, 0.15) is 26.5 Å². The summed E-state index contributed by atoms with van der Waals surface area (Å²) in [6, 6.07) is 1.95. The molecule has 0 atom stereocenters. The predicted octanol–water partition coefficient (Wildman–Crippen LogP) is 2.26. The molecule has 0 aliphatic rings. The lowest BCUT2D eigenvalue weighted by Gasteiger charge is -2.16. The van der Waals surface area contributed by atoms with E-state index in [0.29, 0.717) is 5.95 Å². The zero-order valence-electron chi connectivity index (χ0n) is 8.46. The molecule has 0 spiro atoms. The summed E-state index contributed by atoms with van der Waals surface area (Å²) < 4.78 is 0.160. The third-order valence-electron chi connectivity index (χ3n) is 1.26. The molecule has 0 fully saturated rings. The number of anilines is 1. The molecule has 3 nitrogen and oxygen atoms in total. The lowest BCUT2D eigenvalue weighted by molar-refractivity contribution is 0.798. The van der Waals surface area contributed by atoms with E-state index >= 15 is 0 Å². The van der Waals surface area contributed by atoms with Crippen molar-refractivity contribution >= 4 is 17.7 Å². The minimum atomic E-state index is 0.160. The molecule has 0 aromatic carbocycles. The van der Waals surface area contributed by atoms with E-state index < -0.39 is 0 Å². The van der Waals surface area contributed by atoms with Gasteiger partial charge in [0.1, 0.15) is 5.03 Å². The van der Waals surface area contributed by atoms with Crippen molar-refractivity contribution in [3.63, 3.8) is 0 Å². The van der Waals surface area contributed by atoms with Crippen LogP contribution in [0.25, 0.3) is 0 Å². The quantitative estimate of drug-likeness (QED) is 0.554. The van der Waals surface area contributed by atoms with Crippen molar-refractivity contribution in [2.75, 3.05) is 5.73 Å². The van der Waals surface area contributed by atoms with Crippen LogP contribution >= 0.6 is 11.8 Å². The van der Waals surface area contributed by atoms with Crippen molar-refractivity contribution < 1.29 is 0 Å². The number of nitrogens with zero attached hydrogens (tertiary/aromatic N) is 2. The van der Waals surface area contributed by atoms with Crippen molar-refractivity contribution in [3.8, 4) is 0 Å². The van der Waals surface area contributed by atoms with Gasteiger partial charge in [-0.3, -0.25) is 0 Å². The maximum absolute atomic E-state index is 5.54. The topological polar surface area (TPSA) is 51.8 Å². The van der Waals surface area contributed by atoms with Gasteiger partial charge in [0, 0.05) is 10.4 Å². The largest absolute Gasteiger partial charge is 0.368 e. The summed E-state index contributed by atoms with van der Waals surface area (Å²) in [4.78, 5) is 8.17. The molecule has 4 heteroatoms. The summed E-state index contributed by atoms with van der Waals surface area (Å²) in [5, 5.41) is 0.942. The summed E-state index contributed by atoms with van der Waals surface area (Å²) in [7, 11) is 0. The maximum atomic E-state index is 5.54. The third-order valence-corrected chi connectivity index (χ3v) is 2.29. The van der Waals surface area contributed by atoms with Crippen molar-refractivity contribution in [1.29, 1.82) is 0 Å². The number of aromatic nitrogens is 2. The van der Waals surface area contributed by atoms with E-state index in [2.05, 4.69) is 30.7 Å². The number of aryl methyl sites for hydroxylation is 1. The number of hydrogen-bond donors (Lipinski definition) is 1. The van der Waals surface area contributed by atoms with Gasteiger partial charge in [-0.2, -0.15) is 0 Å². The molecule has 13 heavy (non-hydrogen) atoms. The van der Waals surface area contributed by atoms with E-state index in [-0.39, 0.29) is 4.75 Å². The Kier molecular flexibility index (Phi) is 2.81. The summed E-state index contributed by atoms with van der Waals surface area (Å²) in [5.74, 6) is 0.353. The first kappa shape index (κ1) is 10.3. The van der Waals surface area contributed by atoms with Crippen LogP contribution in [0.3, 0.4) is 0 Å². The Bertz CT molecular complexity index is 284. The molecule has 0 bridgehead atoms. The fraction of sp³-hybridized carbons (Fsp3) is 0.556. The molecular weight excluding hydrogens is 182 g/mol. The fourth-order valence-corrected chi connectivity index (χ4v) is 1.92. The van der Waals surface area contributed by atoms with E-state index in [1.165, 1.54) is 0 Å². The van der Waals surface area contributed by atoms with Gasteiger partial charge in [0.2, 0.25) is 5.95 Å². The van der Waals surface area contributed by atoms with E-state index in [1.54, 1.807) is 11.8 Å². The van der Waals surface area contributed by atoms with E-state index in [4.69, 9.17) is 5.73 Å². The number of nitrogens with two attached hydrogens (primary N) is 1. The molecule has 72 valence electrons. The van der Waals surface area contributed by atoms with Gasteiger partial charge >= 0.3 is 0 Å². The highest BCUT2D eigenvalue weighted by atomic mass is 32.2. The van der Waals surface area contributed by atoms with Gasteiger partial charge in [-0.25, -0.2) is 9.97 Å². The molecule has 0 saturated carbocycles. The Morgan fingerprint density at radius 1 is 1.31 bits per heavy atom. The Morgan fingerprint density at radius 3 is 2.38 bits per heavy atom. The second-order valence-corrected chi connectivity index (χ2v) is 5.77. The molecule has 1 rings (SSSR count). The van der Waals surface area contributed by atoms with Crippen LogP contribution in [0.4, 0.5) is 5.95 Å². The van der Waals surface area contributed by atoms with Gasteiger partial charge in [0.15, 0.2) is 0 Å². The summed E-state index contributed by atoms with van der Waals surface area (Å²) >= 11 is 1.70. The van der Waals surface area contributed by atoms with Crippen LogP contribution in [0.5, 0.6) is 0 Å². The number of rotatable bonds is 1. The van der Waals surface area contributed by atoms with Crippen molar-refractivity contribution in [1.82, 2.24) is 9.97 Å². The minimum absolute atomic E-state index is 0.160. The average Bonchev–Trinajstić information content (AvgIpc) is 1.78. The molecule has 0 saturated heterocycles. The van der Waals surface area contributed by atoms with Crippen LogP contribution in [-0.2, 0) is 0 Å². The van der Waals surface area contributed by atoms with Crippen molar-refractivity contribution in [2.24, 2.45) is 0 Å². The molecule has 1 heterocycles. The molecule has 1 aromatic heterocycles.